The molecule has 0 unspecified atom stereocenters. The molecule has 4 heteroatoms. The predicted octanol–water partition coefficient (Wildman–Crippen LogP) is 3.72. The lowest BCUT2D eigenvalue weighted by molar-refractivity contribution is -0.124. The summed E-state index contributed by atoms with van der Waals surface area (Å²) >= 11 is 5.90. The van der Waals surface area contributed by atoms with E-state index in [0.717, 1.165) is 6.42 Å². The summed E-state index contributed by atoms with van der Waals surface area (Å²) in [6, 6.07) is 5.14. The van der Waals surface area contributed by atoms with E-state index in [9.17, 15) is 4.79 Å². The van der Waals surface area contributed by atoms with Crippen molar-refractivity contribution in [1.29, 1.82) is 0 Å². The van der Waals surface area contributed by atoms with Gasteiger partial charge in [0.1, 0.15) is 5.75 Å². The summed E-state index contributed by atoms with van der Waals surface area (Å²) in [7, 11) is 1.56. The number of rotatable bonds is 4. The Labute approximate surface area is 107 Å². The van der Waals surface area contributed by atoms with Gasteiger partial charge < -0.3 is 10.1 Å². The van der Waals surface area contributed by atoms with Crippen LogP contribution >= 0.6 is 11.6 Å². The third-order valence-electron chi connectivity index (χ3n) is 2.91. The molecule has 1 aromatic rings. The van der Waals surface area contributed by atoms with Crippen LogP contribution in [0.4, 0.5) is 5.69 Å². The molecule has 0 saturated heterocycles. The molecule has 1 amide bonds. The lowest BCUT2D eigenvalue weighted by Crippen LogP contribution is -2.30. The Morgan fingerprint density at radius 1 is 1.47 bits per heavy atom. The summed E-state index contributed by atoms with van der Waals surface area (Å²) in [5.74, 6) is 0.565. The van der Waals surface area contributed by atoms with E-state index in [-0.39, 0.29) is 5.91 Å². The Morgan fingerprint density at radius 2 is 2.12 bits per heavy atom. The Morgan fingerprint density at radius 3 is 2.65 bits per heavy atom. The van der Waals surface area contributed by atoms with Gasteiger partial charge in [0.25, 0.3) is 0 Å². The Bertz CT molecular complexity index is 416. The first-order valence-electron chi connectivity index (χ1n) is 5.55. The average molecular weight is 256 g/mol. The SMILES string of the molecule is CCC(C)(C)C(=O)Nc1cc(Cl)ccc1OC. The van der Waals surface area contributed by atoms with Crippen LogP contribution in [0.3, 0.4) is 0 Å². The van der Waals surface area contributed by atoms with Crippen LogP contribution in [0.25, 0.3) is 0 Å². The van der Waals surface area contributed by atoms with Crippen molar-refractivity contribution in [3.05, 3.63) is 23.2 Å². The van der Waals surface area contributed by atoms with Crippen molar-refractivity contribution in [3.8, 4) is 5.75 Å². The fourth-order valence-corrected chi connectivity index (χ4v) is 1.40. The zero-order valence-electron chi connectivity index (χ0n) is 10.6. The summed E-state index contributed by atoms with van der Waals surface area (Å²) < 4.78 is 5.17. The number of ether oxygens (including phenoxy) is 1. The number of anilines is 1. The highest BCUT2D eigenvalue weighted by Gasteiger charge is 2.26. The molecule has 1 N–H and O–H groups in total. The maximum absolute atomic E-state index is 12.0. The van der Waals surface area contributed by atoms with Gasteiger partial charge >= 0.3 is 0 Å². The van der Waals surface area contributed by atoms with E-state index in [2.05, 4.69) is 5.32 Å². The average Bonchev–Trinajstić information content (AvgIpc) is 2.29. The van der Waals surface area contributed by atoms with E-state index >= 15 is 0 Å². The molecule has 94 valence electrons. The summed E-state index contributed by atoms with van der Waals surface area (Å²) in [5, 5.41) is 3.41. The Hall–Kier alpha value is -1.22. The van der Waals surface area contributed by atoms with Crippen molar-refractivity contribution in [3.63, 3.8) is 0 Å². The van der Waals surface area contributed by atoms with Crippen LogP contribution in [0.5, 0.6) is 5.75 Å². The second kappa shape index (κ2) is 5.41. The Balaban J connectivity index is 2.95. The van der Waals surface area contributed by atoms with Crippen molar-refractivity contribution in [2.75, 3.05) is 12.4 Å². The van der Waals surface area contributed by atoms with Gasteiger partial charge in [0.2, 0.25) is 5.91 Å². The van der Waals surface area contributed by atoms with E-state index in [1.807, 2.05) is 20.8 Å². The van der Waals surface area contributed by atoms with Gasteiger partial charge in [-0.2, -0.15) is 0 Å². The van der Waals surface area contributed by atoms with E-state index in [4.69, 9.17) is 16.3 Å². The largest absolute Gasteiger partial charge is 0.495 e. The maximum atomic E-state index is 12.0. The standard InChI is InChI=1S/C13H18ClNO2/c1-5-13(2,3)12(16)15-10-8-9(14)6-7-11(10)17-4/h6-8H,5H2,1-4H3,(H,15,16). The van der Waals surface area contributed by atoms with E-state index < -0.39 is 5.41 Å². The molecule has 0 bridgehead atoms. The van der Waals surface area contributed by atoms with Gasteiger partial charge in [-0.05, 0) is 24.6 Å². The molecule has 0 radical (unpaired) electrons. The lowest BCUT2D eigenvalue weighted by Gasteiger charge is -2.22. The summed E-state index contributed by atoms with van der Waals surface area (Å²) in [5.41, 5.74) is 0.194. The maximum Gasteiger partial charge on any atom is 0.230 e. The molecule has 0 aliphatic carbocycles. The highest BCUT2D eigenvalue weighted by Crippen LogP contribution is 2.30. The van der Waals surface area contributed by atoms with Crippen molar-refractivity contribution in [1.82, 2.24) is 0 Å². The molecular formula is C13H18ClNO2. The van der Waals surface area contributed by atoms with Crippen LogP contribution in [0, 0.1) is 5.41 Å². The molecule has 0 aliphatic rings. The van der Waals surface area contributed by atoms with Crippen molar-refractivity contribution in [2.24, 2.45) is 5.41 Å². The lowest BCUT2D eigenvalue weighted by atomic mass is 9.89. The van der Waals surface area contributed by atoms with Crippen LogP contribution in [-0.4, -0.2) is 13.0 Å². The summed E-state index contributed by atoms with van der Waals surface area (Å²) in [6.45, 7) is 5.79. The molecular weight excluding hydrogens is 238 g/mol. The van der Waals surface area contributed by atoms with Crippen LogP contribution < -0.4 is 10.1 Å². The third-order valence-corrected chi connectivity index (χ3v) is 3.14. The number of carbonyl (C=O) groups is 1. The highest BCUT2D eigenvalue weighted by atomic mass is 35.5. The minimum Gasteiger partial charge on any atom is -0.495 e. The van der Waals surface area contributed by atoms with Crippen LogP contribution in [-0.2, 0) is 4.79 Å². The quantitative estimate of drug-likeness (QED) is 0.890. The van der Waals surface area contributed by atoms with Gasteiger partial charge in [-0.1, -0.05) is 32.4 Å². The molecule has 0 aromatic heterocycles. The normalized spacial score (nSPS) is 11.1. The first kappa shape index (κ1) is 13.8. The minimum absolute atomic E-state index is 0.0411. The van der Waals surface area contributed by atoms with Gasteiger partial charge in [-0.15, -0.1) is 0 Å². The van der Waals surface area contributed by atoms with Crippen LogP contribution in [0.1, 0.15) is 27.2 Å². The number of methoxy groups -OCH3 is 1. The smallest absolute Gasteiger partial charge is 0.230 e. The number of benzene rings is 1. The Kier molecular flexibility index (Phi) is 4.40. The second-order valence-electron chi connectivity index (χ2n) is 4.54. The summed E-state index contributed by atoms with van der Waals surface area (Å²) in [4.78, 5) is 12.0. The predicted molar refractivity (Wildman–Crippen MR) is 70.7 cm³/mol. The van der Waals surface area contributed by atoms with Crippen molar-refractivity contribution in [2.45, 2.75) is 27.2 Å². The third kappa shape index (κ3) is 3.37. The fraction of sp³-hybridized carbons (Fsp3) is 0.462. The molecule has 0 fully saturated rings. The number of nitrogens with one attached hydrogen (secondary N) is 1. The second-order valence-corrected chi connectivity index (χ2v) is 4.97. The minimum atomic E-state index is -0.409. The number of halogens is 1. The topological polar surface area (TPSA) is 38.3 Å². The molecule has 1 rings (SSSR count). The number of hydrogen-bond donors (Lipinski definition) is 1. The monoisotopic (exact) mass is 255 g/mol. The van der Waals surface area contributed by atoms with Crippen molar-refractivity contribution < 1.29 is 9.53 Å². The van der Waals surface area contributed by atoms with E-state index in [0.29, 0.717) is 16.5 Å². The van der Waals surface area contributed by atoms with Gasteiger partial charge in [0.15, 0.2) is 0 Å². The molecule has 0 heterocycles. The zero-order chi connectivity index (χ0) is 13.1. The number of amides is 1. The van der Waals surface area contributed by atoms with Gasteiger partial charge in [0, 0.05) is 10.4 Å². The van der Waals surface area contributed by atoms with Crippen LogP contribution in [0.2, 0.25) is 5.02 Å². The van der Waals surface area contributed by atoms with Gasteiger partial charge in [0.05, 0.1) is 12.8 Å². The molecule has 0 spiro atoms. The van der Waals surface area contributed by atoms with Crippen LogP contribution in [0.15, 0.2) is 18.2 Å². The van der Waals surface area contributed by atoms with Crippen molar-refractivity contribution >= 4 is 23.2 Å². The first-order chi connectivity index (χ1) is 7.90. The van der Waals surface area contributed by atoms with E-state index in [1.165, 1.54) is 0 Å². The highest BCUT2D eigenvalue weighted by molar-refractivity contribution is 6.31. The molecule has 3 nitrogen and oxygen atoms in total. The molecule has 0 atom stereocenters. The number of hydrogen-bond acceptors (Lipinski definition) is 2. The van der Waals surface area contributed by atoms with Gasteiger partial charge in [-0.25, -0.2) is 0 Å². The van der Waals surface area contributed by atoms with E-state index in [1.54, 1.807) is 25.3 Å². The van der Waals surface area contributed by atoms with Gasteiger partial charge in [-0.3, -0.25) is 4.79 Å². The molecule has 1 aromatic carbocycles. The molecule has 0 aliphatic heterocycles. The number of carbonyl (C=O) groups excluding carboxylic acids is 1. The summed E-state index contributed by atoms with van der Waals surface area (Å²) in [6.07, 6.45) is 0.766. The zero-order valence-corrected chi connectivity index (χ0v) is 11.4. The molecule has 0 saturated carbocycles. The first-order valence-corrected chi connectivity index (χ1v) is 5.93. The molecule has 17 heavy (non-hydrogen) atoms. The fourth-order valence-electron chi connectivity index (χ4n) is 1.23.